The Morgan fingerprint density at radius 2 is 1.48 bits per heavy atom. The van der Waals surface area contributed by atoms with Crippen molar-refractivity contribution in [2.75, 3.05) is 19.8 Å². The molecule has 3 N–H and O–H groups in total. The van der Waals surface area contributed by atoms with Gasteiger partial charge in [0, 0.05) is 63.7 Å². The Hall–Kier alpha value is -3.98. The van der Waals surface area contributed by atoms with Crippen LogP contribution in [-0.4, -0.2) is 109 Å². The number of aromatic nitrogens is 3. The second-order valence-electron chi connectivity index (χ2n) is 9.28. The number of halogens is 9. The molecule has 4 heterocycles. The van der Waals surface area contributed by atoms with Gasteiger partial charge in [-0.1, -0.05) is 6.07 Å². The van der Waals surface area contributed by atoms with Crippen LogP contribution in [-0.2, 0) is 36.9 Å². The molecular formula is C25H29F9N4O8. The minimum atomic E-state index is -5.08. The summed E-state index contributed by atoms with van der Waals surface area (Å²) in [7, 11) is 0. The topological polar surface area (TPSA) is 164 Å². The van der Waals surface area contributed by atoms with Gasteiger partial charge >= 0.3 is 36.4 Å². The molecule has 46 heavy (non-hydrogen) atoms. The lowest BCUT2D eigenvalue weighted by molar-refractivity contribution is -0.193. The molecule has 0 bridgehead atoms. The highest BCUT2D eigenvalue weighted by molar-refractivity contribution is 5.73. The molecule has 0 aliphatic carbocycles. The number of aliphatic carboxylic acids is 3. The zero-order valence-electron chi connectivity index (χ0n) is 23.5. The third-order valence-electron chi connectivity index (χ3n) is 5.84. The zero-order valence-corrected chi connectivity index (χ0v) is 23.5. The summed E-state index contributed by atoms with van der Waals surface area (Å²) >= 11 is 0. The summed E-state index contributed by atoms with van der Waals surface area (Å²) in [5, 5.41) is 25.6. The largest absolute Gasteiger partial charge is 0.490 e. The van der Waals surface area contributed by atoms with Crippen molar-refractivity contribution in [3.63, 3.8) is 0 Å². The van der Waals surface area contributed by atoms with Crippen LogP contribution >= 0.6 is 0 Å². The molecule has 12 nitrogen and oxygen atoms in total. The fourth-order valence-corrected chi connectivity index (χ4v) is 3.95. The van der Waals surface area contributed by atoms with Crippen LogP contribution in [0.4, 0.5) is 39.5 Å². The van der Waals surface area contributed by atoms with Gasteiger partial charge in [-0.15, -0.1) is 0 Å². The van der Waals surface area contributed by atoms with Crippen molar-refractivity contribution in [2.24, 2.45) is 0 Å². The van der Waals surface area contributed by atoms with Crippen LogP contribution in [0.5, 0.6) is 0 Å². The summed E-state index contributed by atoms with van der Waals surface area (Å²) < 4.78 is 109. The van der Waals surface area contributed by atoms with E-state index < -0.39 is 36.4 Å². The van der Waals surface area contributed by atoms with E-state index in [-0.39, 0.29) is 12.2 Å². The maximum Gasteiger partial charge on any atom is 0.490 e. The number of pyridine rings is 1. The maximum atomic E-state index is 10.6. The summed E-state index contributed by atoms with van der Waals surface area (Å²) in [6.07, 6.45) is -4.00. The number of alkyl halides is 9. The molecule has 0 unspecified atom stereocenters. The number of likely N-dealkylation sites (tertiary alicyclic amines) is 1. The average molecular weight is 685 g/mol. The summed E-state index contributed by atoms with van der Waals surface area (Å²) in [6, 6.07) is 6.56. The summed E-state index contributed by atoms with van der Waals surface area (Å²) in [6.45, 7) is 4.36. The predicted molar refractivity (Wildman–Crippen MR) is 135 cm³/mol. The molecule has 0 amide bonds. The van der Waals surface area contributed by atoms with Crippen molar-refractivity contribution < 1.29 is 78.7 Å². The third kappa shape index (κ3) is 15.3. The Balaban J connectivity index is 0.000000413. The normalized spacial score (nSPS) is 19.6. The van der Waals surface area contributed by atoms with Gasteiger partial charge in [-0.3, -0.25) is 14.6 Å². The molecule has 0 radical (unpaired) electrons. The number of fused-ring (bicyclic) bond motifs is 1. The van der Waals surface area contributed by atoms with Gasteiger partial charge in [0.1, 0.15) is 6.10 Å². The van der Waals surface area contributed by atoms with Gasteiger partial charge in [0.05, 0.1) is 6.10 Å². The number of rotatable bonds is 7. The molecule has 4 rings (SSSR count). The Morgan fingerprint density at radius 3 is 1.93 bits per heavy atom. The molecule has 0 spiro atoms. The molecule has 0 aromatic carbocycles. The smallest absolute Gasteiger partial charge is 0.475 e. The Labute approximate surface area is 254 Å². The first-order valence-electron chi connectivity index (χ1n) is 13.0. The molecule has 2 aliphatic heterocycles. The van der Waals surface area contributed by atoms with E-state index in [4.69, 9.17) is 39.2 Å². The first-order chi connectivity index (χ1) is 21.2. The van der Waals surface area contributed by atoms with E-state index in [1.165, 1.54) is 12.0 Å². The highest BCUT2D eigenvalue weighted by atomic mass is 19.4. The minimum absolute atomic E-state index is 0.166. The number of ether oxygens (including phenoxy) is 2. The van der Waals surface area contributed by atoms with E-state index in [1.807, 2.05) is 41.6 Å². The van der Waals surface area contributed by atoms with Crippen molar-refractivity contribution >= 4 is 17.9 Å². The molecular weight excluding hydrogens is 655 g/mol. The van der Waals surface area contributed by atoms with Gasteiger partial charge in [-0.2, -0.15) is 44.6 Å². The van der Waals surface area contributed by atoms with Crippen LogP contribution in [0, 0.1) is 0 Å². The van der Waals surface area contributed by atoms with E-state index in [2.05, 4.69) is 21.0 Å². The zero-order chi connectivity index (χ0) is 35.1. The van der Waals surface area contributed by atoms with E-state index in [1.54, 1.807) is 0 Å². The number of nitrogens with zero attached hydrogens (tertiary/aromatic N) is 4. The van der Waals surface area contributed by atoms with Gasteiger partial charge < -0.3 is 24.8 Å². The number of hydrogen-bond donors (Lipinski definition) is 3. The molecule has 3 atom stereocenters. The highest BCUT2D eigenvalue weighted by Crippen LogP contribution is 2.31. The van der Waals surface area contributed by atoms with Crippen molar-refractivity contribution in [1.29, 1.82) is 0 Å². The third-order valence-corrected chi connectivity index (χ3v) is 5.84. The van der Waals surface area contributed by atoms with E-state index >= 15 is 0 Å². The van der Waals surface area contributed by atoms with Gasteiger partial charge in [-0.05, 0) is 37.0 Å². The molecule has 21 heteroatoms. The van der Waals surface area contributed by atoms with Crippen LogP contribution in [0.15, 0.2) is 43.0 Å². The first-order valence-corrected chi connectivity index (χ1v) is 13.0. The lowest BCUT2D eigenvalue weighted by Crippen LogP contribution is -2.41. The minimum Gasteiger partial charge on any atom is -0.475 e. The van der Waals surface area contributed by atoms with Crippen LogP contribution in [0.25, 0.3) is 0 Å². The van der Waals surface area contributed by atoms with Crippen LogP contribution < -0.4 is 0 Å². The van der Waals surface area contributed by atoms with Crippen LogP contribution in [0.1, 0.15) is 24.8 Å². The van der Waals surface area contributed by atoms with Gasteiger partial charge in [-0.25, -0.2) is 14.4 Å². The van der Waals surface area contributed by atoms with Crippen molar-refractivity contribution in [3.05, 3.63) is 48.5 Å². The summed E-state index contributed by atoms with van der Waals surface area (Å²) in [5.74, 6) is -8.27. The van der Waals surface area contributed by atoms with Crippen LogP contribution in [0.2, 0.25) is 0 Å². The fraction of sp³-hybridized carbons (Fsp3) is 0.560. The van der Waals surface area contributed by atoms with Crippen molar-refractivity contribution in [1.82, 2.24) is 19.7 Å². The van der Waals surface area contributed by atoms with Crippen molar-refractivity contribution in [3.8, 4) is 0 Å². The number of carboxylic acids is 3. The molecule has 0 saturated carbocycles. The first kappa shape index (κ1) is 40.0. The number of carboxylic acid groups (broad SMARTS) is 3. The second-order valence-corrected chi connectivity index (χ2v) is 9.28. The Kier molecular flexibility index (Phi) is 15.9. The van der Waals surface area contributed by atoms with Crippen LogP contribution in [0.3, 0.4) is 0 Å². The van der Waals surface area contributed by atoms with E-state index in [0.29, 0.717) is 6.04 Å². The van der Waals surface area contributed by atoms with Crippen molar-refractivity contribution in [2.45, 2.75) is 69.1 Å². The van der Waals surface area contributed by atoms with E-state index in [9.17, 15) is 39.5 Å². The maximum absolute atomic E-state index is 10.6. The lowest BCUT2D eigenvalue weighted by atomic mass is 10.0. The monoisotopic (exact) mass is 684 g/mol. The lowest BCUT2D eigenvalue weighted by Gasteiger charge is -2.32. The quantitative estimate of drug-likeness (QED) is 0.285. The second kappa shape index (κ2) is 18.2. The average Bonchev–Trinajstić information content (AvgIpc) is 3.59. The highest BCUT2D eigenvalue weighted by Gasteiger charge is 2.44. The SMILES string of the molecule is O=C(O)C(F)(F)F.O=C(O)C(F)(F)F.O=C(O)C(F)(F)F.c1cncc(CN2C[C@H](OCCCn3cccn3)[C@H]3OCCC[C@H]32)c1. The van der Waals surface area contributed by atoms with E-state index in [0.717, 1.165) is 45.7 Å². The van der Waals surface area contributed by atoms with Gasteiger partial charge in [0.25, 0.3) is 0 Å². The Morgan fingerprint density at radius 1 is 0.913 bits per heavy atom. The Bertz CT molecular complexity index is 1140. The number of carbonyl (C=O) groups is 3. The molecule has 260 valence electrons. The molecule has 2 fully saturated rings. The van der Waals surface area contributed by atoms with Gasteiger partial charge in [0.2, 0.25) is 0 Å². The van der Waals surface area contributed by atoms with Gasteiger partial charge in [0.15, 0.2) is 0 Å². The molecule has 2 aromatic rings. The fourth-order valence-electron chi connectivity index (χ4n) is 3.95. The molecule has 2 saturated heterocycles. The predicted octanol–water partition coefficient (Wildman–Crippen LogP) is 4.02. The molecule has 2 aromatic heterocycles. The standard InChI is InChI=1S/C19H26N4O2.3C2HF3O2/c1-5-16(13-20-7-1)14-22-15-18(19-17(22)6-2-11-25-19)24-12-4-10-23-9-3-8-21-23;3*3-2(4,5)1(6)7/h1,3,5,7-9,13,17-19H,2,4,6,10-12,14-15H2;3*(H,6,7)/t17-,18+,19+;;;/m1.../s1. The summed E-state index contributed by atoms with van der Waals surface area (Å²) in [5.41, 5.74) is 1.26. The number of aryl methyl sites for hydroxylation is 1. The molecule has 2 aliphatic rings. The summed E-state index contributed by atoms with van der Waals surface area (Å²) in [4.78, 5) is 33.4. The number of hydrogen-bond acceptors (Lipinski definition) is 8.